The molecule has 4 rings (SSSR count). The largest absolute Gasteiger partial charge is 0.481 e. The zero-order chi connectivity index (χ0) is 19.3. The van der Waals surface area contributed by atoms with Gasteiger partial charge in [-0.1, -0.05) is 22.9 Å². The highest BCUT2D eigenvalue weighted by atomic mass is 35.5. The Morgan fingerprint density at radius 3 is 2.89 bits per heavy atom. The Labute approximate surface area is 161 Å². The zero-order valence-electron chi connectivity index (χ0n) is 13.9. The predicted octanol–water partition coefficient (Wildman–Crippen LogP) is 4.38. The molecule has 27 heavy (non-hydrogen) atoms. The van der Waals surface area contributed by atoms with Crippen LogP contribution in [0.25, 0.3) is 10.2 Å². The van der Waals surface area contributed by atoms with E-state index in [9.17, 15) is 19.1 Å². The molecule has 6 nitrogen and oxygen atoms in total. The molecule has 0 spiro atoms. The lowest BCUT2D eigenvalue weighted by Crippen LogP contribution is -2.53. The number of benzene rings is 2. The van der Waals surface area contributed by atoms with Crippen LogP contribution in [-0.4, -0.2) is 27.6 Å². The third kappa shape index (κ3) is 3.00. The van der Waals surface area contributed by atoms with E-state index in [2.05, 4.69) is 4.98 Å². The van der Waals surface area contributed by atoms with Gasteiger partial charge < -0.3 is 9.84 Å². The molecule has 1 aliphatic rings. The Balaban J connectivity index is 1.91. The number of rotatable bonds is 3. The number of fused-ring (bicyclic) bond motifs is 2. The van der Waals surface area contributed by atoms with Crippen molar-refractivity contribution in [2.24, 2.45) is 0 Å². The molecule has 1 N–H and O–H groups in total. The number of amides is 1. The standard InChI is InChI=1S/C18H12ClFN2O4S/c1-18(8-15(23)24)16(25)22(12-6-9(19)2-5-13(12)26-18)17-21-11-4-3-10(20)7-14(11)27-17/h2-7H,8H2,1H3,(H,23,24). The lowest BCUT2D eigenvalue weighted by Gasteiger charge is -2.38. The van der Waals surface area contributed by atoms with Crippen molar-refractivity contribution in [2.45, 2.75) is 18.9 Å². The van der Waals surface area contributed by atoms with E-state index in [-0.39, 0.29) is 5.13 Å². The maximum Gasteiger partial charge on any atom is 0.307 e. The molecule has 138 valence electrons. The van der Waals surface area contributed by atoms with E-state index < -0.39 is 29.7 Å². The summed E-state index contributed by atoms with van der Waals surface area (Å²) in [5.74, 6) is -1.85. The molecule has 0 saturated heterocycles. The molecular weight excluding hydrogens is 395 g/mol. The van der Waals surface area contributed by atoms with Crippen LogP contribution in [-0.2, 0) is 9.59 Å². The van der Waals surface area contributed by atoms with Crippen LogP contribution in [0.4, 0.5) is 15.2 Å². The van der Waals surface area contributed by atoms with Crippen LogP contribution in [0.5, 0.6) is 5.75 Å². The highest BCUT2D eigenvalue weighted by Crippen LogP contribution is 2.46. The monoisotopic (exact) mass is 406 g/mol. The second-order valence-corrected chi connectivity index (χ2v) is 7.71. The van der Waals surface area contributed by atoms with Gasteiger partial charge in [-0.3, -0.25) is 9.59 Å². The van der Waals surface area contributed by atoms with Crippen LogP contribution in [0, 0.1) is 5.82 Å². The van der Waals surface area contributed by atoms with Crippen molar-refractivity contribution >= 4 is 55.8 Å². The van der Waals surface area contributed by atoms with Gasteiger partial charge in [0, 0.05) is 5.02 Å². The lowest BCUT2D eigenvalue weighted by atomic mass is 9.97. The second kappa shape index (κ2) is 6.17. The first kappa shape index (κ1) is 17.7. The van der Waals surface area contributed by atoms with Crippen molar-refractivity contribution in [1.29, 1.82) is 0 Å². The molecule has 2 heterocycles. The molecule has 2 aromatic carbocycles. The van der Waals surface area contributed by atoms with Crippen molar-refractivity contribution in [2.75, 3.05) is 4.90 Å². The smallest absolute Gasteiger partial charge is 0.307 e. The Morgan fingerprint density at radius 2 is 2.15 bits per heavy atom. The Hall–Kier alpha value is -2.71. The van der Waals surface area contributed by atoms with Gasteiger partial charge in [-0.25, -0.2) is 14.3 Å². The number of nitrogens with zero attached hydrogens (tertiary/aromatic N) is 2. The molecule has 0 aliphatic carbocycles. The molecule has 0 bridgehead atoms. The highest BCUT2D eigenvalue weighted by molar-refractivity contribution is 7.22. The minimum Gasteiger partial charge on any atom is -0.481 e. The minimum atomic E-state index is -1.62. The molecule has 3 aromatic rings. The summed E-state index contributed by atoms with van der Waals surface area (Å²) in [5.41, 5.74) is -0.732. The summed E-state index contributed by atoms with van der Waals surface area (Å²) in [5, 5.41) is 9.88. The number of halogens is 2. The number of hydrogen-bond donors (Lipinski definition) is 1. The van der Waals surface area contributed by atoms with Gasteiger partial charge in [0.25, 0.3) is 5.91 Å². The number of thiazole rings is 1. The van der Waals surface area contributed by atoms with E-state index in [1.807, 2.05) is 0 Å². The first-order valence-corrected chi connectivity index (χ1v) is 9.07. The van der Waals surface area contributed by atoms with Gasteiger partial charge in [-0.2, -0.15) is 0 Å². The SMILES string of the molecule is CC1(CC(=O)O)Oc2ccc(Cl)cc2N(c2nc3ccc(F)cc3s2)C1=O. The van der Waals surface area contributed by atoms with Crippen molar-refractivity contribution in [1.82, 2.24) is 4.98 Å². The van der Waals surface area contributed by atoms with E-state index >= 15 is 0 Å². The van der Waals surface area contributed by atoms with Crippen LogP contribution < -0.4 is 9.64 Å². The summed E-state index contributed by atoms with van der Waals surface area (Å²) < 4.78 is 19.8. The van der Waals surface area contributed by atoms with E-state index in [1.54, 1.807) is 18.2 Å². The molecule has 0 fully saturated rings. The molecule has 1 aromatic heterocycles. The Bertz CT molecular complexity index is 1100. The van der Waals surface area contributed by atoms with Crippen molar-refractivity contribution in [3.8, 4) is 5.75 Å². The molecule has 1 amide bonds. The van der Waals surface area contributed by atoms with Crippen LogP contribution >= 0.6 is 22.9 Å². The molecule has 1 unspecified atom stereocenters. The number of anilines is 2. The van der Waals surface area contributed by atoms with Crippen LogP contribution in [0.3, 0.4) is 0 Å². The topological polar surface area (TPSA) is 79.7 Å². The first-order valence-electron chi connectivity index (χ1n) is 7.88. The average Bonchev–Trinajstić information content (AvgIpc) is 2.98. The molecule has 0 radical (unpaired) electrons. The number of ether oxygens (including phenoxy) is 1. The van der Waals surface area contributed by atoms with Gasteiger partial charge in [0.2, 0.25) is 0 Å². The third-order valence-corrected chi connectivity index (χ3v) is 5.41. The van der Waals surface area contributed by atoms with Crippen molar-refractivity contribution in [3.05, 3.63) is 47.2 Å². The van der Waals surface area contributed by atoms with Gasteiger partial charge in [0.15, 0.2) is 10.7 Å². The minimum absolute atomic E-state index is 0.282. The summed E-state index contributed by atoms with van der Waals surface area (Å²) in [6.07, 6.45) is -0.524. The fraction of sp³-hybridized carbons (Fsp3) is 0.167. The van der Waals surface area contributed by atoms with Gasteiger partial charge in [0.1, 0.15) is 11.6 Å². The Morgan fingerprint density at radius 1 is 1.37 bits per heavy atom. The van der Waals surface area contributed by atoms with Crippen LogP contribution in [0.1, 0.15) is 13.3 Å². The summed E-state index contributed by atoms with van der Waals surface area (Å²) in [7, 11) is 0. The first-order chi connectivity index (χ1) is 12.8. The molecule has 1 aliphatic heterocycles. The number of carboxylic acid groups (broad SMARTS) is 1. The molecular formula is C18H12ClFN2O4S. The second-order valence-electron chi connectivity index (χ2n) is 6.26. The summed E-state index contributed by atoms with van der Waals surface area (Å²) in [4.78, 5) is 30.2. The molecule has 1 atom stereocenters. The normalized spacial score (nSPS) is 19.1. The predicted molar refractivity (Wildman–Crippen MR) is 99.5 cm³/mol. The number of carbonyl (C=O) groups excluding carboxylic acids is 1. The summed E-state index contributed by atoms with van der Waals surface area (Å²) >= 11 is 7.20. The van der Waals surface area contributed by atoms with Crippen molar-refractivity contribution in [3.63, 3.8) is 0 Å². The van der Waals surface area contributed by atoms with E-state index in [1.165, 1.54) is 30.0 Å². The van der Waals surface area contributed by atoms with Crippen LogP contribution in [0.15, 0.2) is 36.4 Å². The van der Waals surface area contributed by atoms with Crippen molar-refractivity contribution < 1.29 is 23.8 Å². The number of aromatic nitrogens is 1. The number of aliphatic carboxylic acids is 1. The average molecular weight is 407 g/mol. The maximum absolute atomic E-state index is 13.5. The number of hydrogen-bond acceptors (Lipinski definition) is 5. The van der Waals surface area contributed by atoms with Gasteiger partial charge in [-0.05, 0) is 43.3 Å². The summed E-state index contributed by atoms with van der Waals surface area (Å²) in [6.45, 7) is 1.42. The zero-order valence-corrected chi connectivity index (χ0v) is 15.5. The molecule has 9 heteroatoms. The fourth-order valence-electron chi connectivity index (χ4n) is 2.96. The van der Waals surface area contributed by atoms with Gasteiger partial charge in [-0.15, -0.1) is 0 Å². The summed E-state index contributed by atoms with van der Waals surface area (Å²) in [6, 6.07) is 8.84. The lowest BCUT2D eigenvalue weighted by molar-refractivity contribution is -0.148. The van der Waals surface area contributed by atoms with Gasteiger partial charge in [0.05, 0.1) is 22.3 Å². The van der Waals surface area contributed by atoms with E-state index in [0.717, 1.165) is 11.3 Å². The van der Waals surface area contributed by atoms with E-state index in [0.29, 0.717) is 26.7 Å². The quantitative estimate of drug-likeness (QED) is 0.698. The van der Waals surface area contributed by atoms with Crippen LogP contribution in [0.2, 0.25) is 5.02 Å². The number of carbonyl (C=O) groups is 2. The third-order valence-electron chi connectivity index (χ3n) is 4.17. The van der Waals surface area contributed by atoms with Gasteiger partial charge >= 0.3 is 5.97 Å². The number of carboxylic acids is 1. The van der Waals surface area contributed by atoms with E-state index in [4.69, 9.17) is 16.3 Å². The maximum atomic E-state index is 13.5. The Kier molecular flexibility index (Phi) is 4.05. The molecule has 0 saturated carbocycles. The highest BCUT2D eigenvalue weighted by Gasteiger charge is 2.47. The fourth-order valence-corrected chi connectivity index (χ4v) is 4.13.